The van der Waals surface area contributed by atoms with E-state index in [0.717, 1.165) is 71.9 Å². The van der Waals surface area contributed by atoms with Gasteiger partial charge >= 0.3 is 5.97 Å². The van der Waals surface area contributed by atoms with E-state index in [-0.39, 0.29) is 18.3 Å². The Bertz CT molecular complexity index is 1130. The van der Waals surface area contributed by atoms with Crippen LogP contribution in [0.1, 0.15) is 43.8 Å². The van der Waals surface area contributed by atoms with Crippen LogP contribution in [0, 0.1) is 11.8 Å². The molecule has 2 N–H and O–H groups in total. The van der Waals surface area contributed by atoms with Gasteiger partial charge in [-0.15, -0.1) is 11.8 Å². The Balaban J connectivity index is 1.31. The molecule has 0 bridgehead atoms. The zero-order chi connectivity index (χ0) is 25.3. The number of hydrogen-bond acceptors (Lipinski definition) is 8. The van der Waals surface area contributed by atoms with E-state index in [1.165, 1.54) is 0 Å². The summed E-state index contributed by atoms with van der Waals surface area (Å²) in [6.45, 7) is 2.70. The van der Waals surface area contributed by atoms with E-state index in [9.17, 15) is 15.0 Å². The summed E-state index contributed by atoms with van der Waals surface area (Å²) in [5.41, 5.74) is 1.66. The molecule has 3 atom stereocenters. The van der Waals surface area contributed by atoms with E-state index < -0.39 is 12.1 Å². The summed E-state index contributed by atoms with van der Waals surface area (Å²) in [6, 6.07) is 7.54. The standard InChI is InChI=1S/C27H34N4O4S/c1-35-21-4-5-24-23(16-21)22(7-9-29-24)25(32)6-3-19-8-13-31(18-20(19)15-27(33)34)12-2-14-36-26-17-28-10-11-30-26/h4-5,7,9-11,16-17,19-20,25,32H,2-3,6,8,12-15,18H2,1H3,(H,33,34)/t19-,20+,25?/m1/s1. The summed E-state index contributed by atoms with van der Waals surface area (Å²) in [6.07, 6.45) is 9.76. The van der Waals surface area contributed by atoms with Crippen molar-refractivity contribution in [2.45, 2.75) is 43.2 Å². The fourth-order valence-electron chi connectivity index (χ4n) is 5.11. The van der Waals surface area contributed by atoms with E-state index in [1.807, 2.05) is 24.3 Å². The van der Waals surface area contributed by atoms with Gasteiger partial charge in [0.2, 0.25) is 0 Å². The number of hydrogen-bond donors (Lipinski definition) is 2. The largest absolute Gasteiger partial charge is 0.497 e. The highest BCUT2D eigenvalue weighted by Crippen LogP contribution is 2.35. The number of carbonyl (C=O) groups is 1. The Morgan fingerprint density at radius 1 is 1.22 bits per heavy atom. The Kier molecular flexibility index (Phi) is 9.49. The van der Waals surface area contributed by atoms with E-state index in [2.05, 4.69) is 19.9 Å². The maximum absolute atomic E-state index is 11.6. The van der Waals surface area contributed by atoms with Crippen LogP contribution < -0.4 is 4.74 Å². The molecule has 1 aliphatic heterocycles. The van der Waals surface area contributed by atoms with E-state index in [1.54, 1.807) is 43.7 Å². The minimum absolute atomic E-state index is 0.0883. The molecule has 4 rings (SSSR count). The Labute approximate surface area is 216 Å². The number of carboxylic acid groups (broad SMARTS) is 1. The normalized spacial score (nSPS) is 19.3. The van der Waals surface area contributed by atoms with Crippen LogP contribution in [0.15, 0.2) is 54.1 Å². The molecule has 0 amide bonds. The number of thioether (sulfide) groups is 1. The van der Waals surface area contributed by atoms with E-state index in [4.69, 9.17) is 4.74 Å². The number of aliphatic hydroxyl groups excluding tert-OH is 1. The molecule has 0 saturated carbocycles. The van der Waals surface area contributed by atoms with Crippen molar-refractivity contribution in [2.75, 3.05) is 32.5 Å². The highest BCUT2D eigenvalue weighted by molar-refractivity contribution is 7.99. The Hall–Kier alpha value is -2.75. The second-order valence-corrected chi connectivity index (χ2v) is 10.4. The highest BCUT2D eigenvalue weighted by Gasteiger charge is 2.31. The molecule has 1 fully saturated rings. The molecule has 1 saturated heterocycles. The zero-order valence-electron chi connectivity index (χ0n) is 20.6. The van der Waals surface area contributed by atoms with Gasteiger partial charge < -0.3 is 19.8 Å². The minimum atomic E-state index is -0.752. The van der Waals surface area contributed by atoms with Crippen LogP contribution in [0.25, 0.3) is 10.9 Å². The molecule has 2 aromatic heterocycles. The van der Waals surface area contributed by atoms with Gasteiger partial charge in [-0.05, 0) is 80.4 Å². The number of nitrogens with zero attached hydrogens (tertiary/aromatic N) is 4. The molecule has 1 aromatic carbocycles. The van der Waals surface area contributed by atoms with Gasteiger partial charge in [0.05, 0.1) is 24.9 Å². The van der Waals surface area contributed by atoms with Gasteiger partial charge in [0.25, 0.3) is 0 Å². The predicted octanol–water partition coefficient (Wildman–Crippen LogP) is 4.44. The Morgan fingerprint density at radius 2 is 2.11 bits per heavy atom. The molecule has 3 aromatic rings. The van der Waals surface area contributed by atoms with Gasteiger partial charge in [0.15, 0.2) is 0 Å². The van der Waals surface area contributed by atoms with Gasteiger partial charge in [-0.25, -0.2) is 4.98 Å². The fraction of sp³-hybridized carbons (Fsp3) is 0.481. The molecule has 192 valence electrons. The predicted molar refractivity (Wildman–Crippen MR) is 140 cm³/mol. The smallest absolute Gasteiger partial charge is 0.303 e. The lowest BCUT2D eigenvalue weighted by atomic mass is 9.79. The number of rotatable bonds is 12. The third-order valence-corrected chi connectivity index (χ3v) is 7.97. The SMILES string of the molecule is COc1ccc2nccc(C(O)CC[C@@H]3CCN(CCCSc4cnccn4)C[C@@H]3CC(=O)O)c2c1. The number of aliphatic carboxylic acids is 1. The molecule has 36 heavy (non-hydrogen) atoms. The van der Waals surface area contributed by atoms with Crippen molar-refractivity contribution < 1.29 is 19.7 Å². The van der Waals surface area contributed by atoms with Crippen molar-refractivity contribution in [3.63, 3.8) is 0 Å². The van der Waals surface area contributed by atoms with Crippen molar-refractivity contribution in [2.24, 2.45) is 11.8 Å². The molecule has 0 aliphatic carbocycles. The van der Waals surface area contributed by atoms with Crippen molar-refractivity contribution in [1.82, 2.24) is 19.9 Å². The third-order valence-electron chi connectivity index (χ3n) is 6.97. The van der Waals surface area contributed by atoms with Crippen molar-refractivity contribution in [1.29, 1.82) is 0 Å². The van der Waals surface area contributed by atoms with Crippen molar-refractivity contribution in [3.05, 3.63) is 54.6 Å². The lowest BCUT2D eigenvalue weighted by Gasteiger charge is -2.38. The number of aromatic nitrogens is 3. The van der Waals surface area contributed by atoms with Gasteiger partial charge in [0, 0.05) is 42.7 Å². The monoisotopic (exact) mass is 510 g/mol. The van der Waals surface area contributed by atoms with E-state index >= 15 is 0 Å². The molecule has 3 heterocycles. The first-order valence-electron chi connectivity index (χ1n) is 12.5. The molecule has 9 heteroatoms. The highest BCUT2D eigenvalue weighted by atomic mass is 32.2. The second-order valence-electron chi connectivity index (χ2n) is 9.33. The number of piperidine rings is 1. The number of benzene rings is 1. The molecule has 8 nitrogen and oxygen atoms in total. The lowest BCUT2D eigenvalue weighted by Crippen LogP contribution is -2.42. The number of pyridine rings is 1. The van der Waals surface area contributed by atoms with Crippen LogP contribution >= 0.6 is 11.8 Å². The van der Waals surface area contributed by atoms with Crippen molar-refractivity contribution in [3.8, 4) is 5.75 Å². The summed E-state index contributed by atoms with van der Waals surface area (Å²) in [5, 5.41) is 22.4. The van der Waals surface area contributed by atoms with Crippen molar-refractivity contribution >= 4 is 28.6 Å². The molecular weight excluding hydrogens is 476 g/mol. The average Bonchev–Trinajstić information content (AvgIpc) is 2.90. The molecular formula is C27H34N4O4S. The zero-order valence-corrected chi connectivity index (χ0v) is 21.4. The average molecular weight is 511 g/mol. The molecule has 1 unspecified atom stereocenters. The topological polar surface area (TPSA) is 109 Å². The Morgan fingerprint density at radius 3 is 2.89 bits per heavy atom. The van der Waals surface area contributed by atoms with Crippen LogP contribution in [0.3, 0.4) is 0 Å². The summed E-state index contributed by atoms with van der Waals surface area (Å²) >= 11 is 1.70. The molecule has 1 aliphatic rings. The number of likely N-dealkylation sites (tertiary alicyclic amines) is 1. The van der Waals surface area contributed by atoms with Crippen LogP contribution in [0.4, 0.5) is 0 Å². The summed E-state index contributed by atoms with van der Waals surface area (Å²) in [5.74, 6) is 1.30. The third kappa shape index (κ3) is 7.15. The fourth-order valence-corrected chi connectivity index (χ4v) is 5.86. The van der Waals surface area contributed by atoms with Gasteiger partial charge in [0.1, 0.15) is 10.8 Å². The van der Waals surface area contributed by atoms with Crippen LogP contribution in [-0.2, 0) is 4.79 Å². The summed E-state index contributed by atoms with van der Waals surface area (Å²) < 4.78 is 5.35. The number of ether oxygens (including phenoxy) is 1. The van der Waals surface area contributed by atoms with Gasteiger partial charge in [-0.2, -0.15) is 0 Å². The van der Waals surface area contributed by atoms with Crippen LogP contribution in [-0.4, -0.2) is 68.5 Å². The maximum atomic E-state index is 11.6. The van der Waals surface area contributed by atoms with Gasteiger partial charge in [-0.1, -0.05) is 0 Å². The molecule has 0 spiro atoms. The number of aliphatic hydroxyl groups is 1. The van der Waals surface area contributed by atoms with E-state index in [0.29, 0.717) is 6.42 Å². The molecule has 0 radical (unpaired) electrons. The summed E-state index contributed by atoms with van der Waals surface area (Å²) in [7, 11) is 1.62. The second kappa shape index (κ2) is 13.0. The first kappa shape index (κ1) is 26.3. The first-order valence-corrected chi connectivity index (χ1v) is 13.5. The van der Waals surface area contributed by atoms with Gasteiger partial charge in [-0.3, -0.25) is 14.8 Å². The summed E-state index contributed by atoms with van der Waals surface area (Å²) in [4.78, 5) is 26.8. The quantitative estimate of drug-likeness (QED) is 0.270. The lowest BCUT2D eigenvalue weighted by molar-refractivity contribution is -0.139. The van der Waals surface area contributed by atoms with Crippen LogP contribution in [0.5, 0.6) is 5.75 Å². The number of fused-ring (bicyclic) bond motifs is 1. The van der Waals surface area contributed by atoms with Crippen LogP contribution in [0.2, 0.25) is 0 Å². The maximum Gasteiger partial charge on any atom is 0.303 e. The first-order chi connectivity index (χ1) is 17.5. The number of methoxy groups -OCH3 is 1. The minimum Gasteiger partial charge on any atom is -0.497 e. The number of carboxylic acids is 1.